The van der Waals surface area contributed by atoms with E-state index >= 15 is 0 Å². The second-order valence-corrected chi connectivity index (χ2v) is 5.53. The van der Waals surface area contributed by atoms with E-state index in [4.69, 9.17) is 21.1 Å². The summed E-state index contributed by atoms with van der Waals surface area (Å²) in [6.45, 7) is 0.775. The first kappa shape index (κ1) is 14.7. The number of carbonyl (C=O) groups is 1. The van der Waals surface area contributed by atoms with E-state index in [1.807, 2.05) is 42.5 Å². The van der Waals surface area contributed by atoms with Crippen LogP contribution < -0.4 is 14.8 Å². The molecular weight excluding hydrogens is 302 g/mol. The van der Waals surface area contributed by atoms with Crippen molar-refractivity contribution in [2.24, 2.45) is 0 Å². The van der Waals surface area contributed by atoms with E-state index in [9.17, 15) is 4.79 Å². The van der Waals surface area contributed by atoms with Crippen LogP contribution in [0.3, 0.4) is 0 Å². The van der Waals surface area contributed by atoms with Crippen LogP contribution in [-0.4, -0.2) is 12.7 Å². The van der Waals surface area contributed by atoms with Gasteiger partial charge in [-0.05, 0) is 41.8 Å². The summed E-state index contributed by atoms with van der Waals surface area (Å²) in [5.41, 5.74) is 2.09. The summed E-state index contributed by atoms with van der Waals surface area (Å²) < 4.78 is 10.6. The Hall–Kier alpha value is -2.20. The first-order valence-corrected chi connectivity index (χ1v) is 7.48. The molecule has 1 N–H and O–H groups in total. The van der Waals surface area contributed by atoms with Crippen LogP contribution in [0.25, 0.3) is 0 Å². The number of amides is 1. The maximum Gasteiger partial charge on any atom is 0.231 e. The summed E-state index contributed by atoms with van der Waals surface area (Å²) in [6, 6.07) is 13.2. The van der Waals surface area contributed by atoms with Crippen molar-refractivity contribution in [2.45, 2.75) is 19.4 Å². The number of carbonyl (C=O) groups excluding carboxylic acids is 1. The zero-order chi connectivity index (χ0) is 15.4. The highest BCUT2D eigenvalue weighted by atomic mass is 35.5. The molecule has 3 rings (SSSR count). The van der Waals surface area contributed by atoms with E-state index in [1.165, 1.54) is 0 Å². The quantitative estimate of drug-likeness (QED) is 0.920. The molecule has 1 heterocycles. The molecule has 0 radical (unpaired) electrons. The lowest BCUT2D eigenvalue weighted by Gasteiger charge is -2.06. The number of hydrogen-bond donors (Lipinski definition) is 1. The maximum atomic E-state index is 11.9. The lowest BCUT2D eigenvalue weighted by Crippen LogP contribution is -2.22. The largest absolute Gasteiger partial charge is 0.454 e. The summed E-state index contributed by atoms with van der Waals surface area (Å²) in [4.78, 5) is 11.9. The summed E-state index contributed by atoms with van der Waals surface area (Å²) >= 11 is 5.83. The summed E-state index contributed by atoms with van der Waals surface area (Å²) in [5.74, 6) is 1.53. The van der Waals surface area contributed by atoms with Gasteiger partial charge in [0.2, 0.25) is 12.7 Å². The second kappa shape index (κ2) is 6.71. The fourth-order valence-electron chi connectivity index (χ4n) is 2.25. The Bertz CT molecular complexity index is 670. The number of rotatable bonds is 5. The van der Waals surface area contributed by atoms with Gasteiger partial charge in [-0.25, -0.2) is 0 Å². The number of benzene rings is 2. The third-order valence-corrected chi connectivity index (χ3v) is 3.73. The van der Waals surface area contributed by atoms with Gasteiger partial charge in [0.05, 0.1) is 0 Å². The number of aryl methyl sites for hydroxylation is 1. The molecule has 0 fully saturated rings. The lowest BCUT2D eigenvalue weighted by molar-refractivity contribution is -0.121. The number of nitrogens with one attached hydrogen (secondary N) is 1. The van der Waals surface area contributed by atoms with Crippen LogP contribution in [-0.2, 0) is 17.8 Å². The predicted molar refractivity (Wildman–Crippen MR) is 84.2 cm³/mol. The molecule has 0 unspecified atom stereocenters. The van der Waals surface area contributed by atoms with Crippen LogP contribution in [0.5, 0.6) is 11.5 Å². The van der Waals surface area contributed by atoms with E-state index in [0.29, 0.717) is 24.4 Å². The first-order chi connectivity index (χ1) is 10.7. The summed E-state index contributed by atoms with van der Waals surface area (Å²) in [7, 11) is 0. The Morgan fingerprint density at radius 1 is 1.05 bits per heavy atom. The lowest BCUT2D eigenvalue weighted by atomic mass is 10.1. The molecule has 0 aliphatic carbocycles. The number of ether oxygens (including phenoxy) is 2. The molecule has 114 valence electrons. The highest BCUT2D eigenvalue weighted by Gasteiger charge is 2.13. The van der Waals surface area contributed by atoms with Crippen molar-refractivity contribution in [3.63, 3.8) is 0 Å². The van der Waals surface area contributed by atoms with E-state index < -0.39 is 0 Å². The highest BCUT2D eigenvalue weighted by Crippen LogP contribution is 2.32. The fraction of sp³-hybridized carbons (Fsp3) is 0.235. The van der Waals surface area contributed by atoms with Crippen LogP contribution >= 0.6 is 11.6 Å². The molecule has 4 nitrogen and oxygen atoms in total. The van der Waals surface area contributed by atoms with Gasteiger partial charge in [0.15, 0.2) is 11.5 Å². The Labute approximate surface area is 134 Å². The standard InChI is InChI=1S/C17H16ClNO3/c18-14-5-1-13(2-6-14)10-19-17(20)8-4-12-3-7-15-16(9-12)22-11-21-15/h1-3,5-7,9H,4,8,10-11H2,(H,19,20). The van der Waals surface area contributed by atoms with Crippen molar-refractivity contribution in [3.8, 4) is 11.5 Å². The smallest absolute Gasteiger partial charge is 0.231 e. The minimum atomic E-state index is 0.0209. The zero-order valence-corrected chi connectivity index (χ0v) is 12.7. The number of halogens is 1. The van der Waals surface area contributed by atoms with Gasteiger partial charge in [-0.15, -0.1) is 0 Å². The average molecular weight is 318 g/mol. The highest BCUT2D eigenvalue weighted by molar-refractivity contribution is 6.30. The zero-order valence-electron chi connectivity index (χ0n) is 12.0. The molecule has 0 bridgehead atoms. The van der Waals surface area contributed by atoms with Crippen LogP contribution in [0.1, 0.15) is 17.5 Å². The van der Waals surface area contributed by atoms with Gasteiger partial charge in [0, 0.05) is 18.0 Å². The molecule has 2 aromatic carbocycles. The van der Waals surface area contributed by atoms with Crippen molar-refractivity contribution in [1.82, 2.24) is 5.32 Å². The summed E-state index contributed by atoms with van der Waals surface area (Å²) in [6.07, 6.45) is 1.11. The molecule has 0 saturated heterocycles. The monoisotopic (exact) mass is 317 g/mol. The second-order valence-electron chi connectivity index (χ2n) is 5.09. The van der Waals surface area contributed by atoms with E-state index in [1.54, 1.807) is 0 Å². The molecule has 0 spiro atoms. The van der Waals surface area contributed by atoms with Gasteiger partial charge in [-0.1, -0.05) is 29.8 Å². The Kier molecular flexibility index (Phi) is 4.49. The minimum absolute atomic E-state index is 0.0209. The Balaban J connectivity index is 1.47. The molecule has 22 heavy (non-hydrogen) atoms. The van der Waals surface area contributed by atoms with Crippen molar-refractivity contribution >= 4 is 17.5 Å². The maximum absolute atomic E-state index is 11.9. The number of fused-ring (bicyclic) bond motifs is 1. The number of hydrogen-bond acceptors (Lipinski definition) is 3. The van der Waals surface area contributed by atoms with Gasteiger partial charge in [0.25, 0.3) is 0 Å². The van der Waals surface area contributed by atoms with Crippen LogP contribution in [0.15, 0.2) is 42.5 Å². The first-order valence-electron chi connectivity index (χ1n) is 7.10. The van der Waals surface area contributed by atoms with Crippen LogP contribution in [0.2, 0.25) is 5.02 Å². The van der Waals surface area contributed by atoms with Gasteiger partial charge in [0.1, 0.15) is 0 Å². The van der Waals surface area contributed by atoms with Crippen molar-refractivity contribution in [3.05, 3.63) is 58.6 Å². The van der Waals surface area contributed by atoms with E-state index in [2.05, 4.69) is 5.32 Å². The predicted octanol–water partition coefficient (Wildman–Crippen LogP) is 3.32. The van der Waals surface area contributed by atoms with Gasteiger partial charge in [-0.3, -0.25) is 4.79 Å². The molecular formula is C17H16ClNO3. The van der Waals surface area contributed by atoms with Gasteiger partial charge >= 0.3 is 0 Å². The average Bonchev–Trinajstić information content (AvgIpc) is 3.00. The van der Waals surface area contributed by atoms with Crippen LogP contribution in [0, 0.1) is 0 Å². The Morgan fingerprint density at radius 3 is 2.59 bits per heavy atom. The van der Waals surface area contributed by atoms with Crippen LogP contribution in [0.4, 0.5) is 0 Å². The third-order valence-electron chi connectivity index (χ3n) is 3.48. The molecule has 5 heteroatoms. The normalized spacial score (nSPS) is 12.2. The Morgan fingerprint density at radius 2 is 1.77 bits per heavy atom. The molecule has 0 atom stereocenters. The van der Waals surface area contributed by atoms with E-state index in [0.717, 1.165) is 22.6 Å². The molecule has 2 aromatic rings. The van der Waals surface area contributed by atoms with Gasteiger partial charge < -0.3 is 14.8 Å². The molecule has 0 saturated carbocycles. The minimum Gasteiger partial charge on any atom is -0.454 e. The molecule has 1 aliphatic rings. The third kappa shape index (κ3) is 3.71. The van der Waals surface area contributed by atoms with Crippen molar-refractivity contribution < 1.29 is 14.3 Å². The van der Waals surface area contributed by atoms with Crippen molar-refractivity contribution in [2.75, 3.05) is 6.79 Å². The summed E-state index contributed by atoms with van der Waals surface area (Å²) in [5, 5.41) is 3.60. The topological polar surface area (TPSA) is 47.6 Å². The fourth-order valence-corrected chi connectivity index (χ4v) is 2.37. The molecule has 0 aromatic heterocycles. The molecule has 1 amide bonds. The molecule has 1 aliphatic heterocycles. The van der Waals surface area contributed by atoms with Gasteiger partial charge in [-0.2, -0.15) is 0 Å². The van der Waals surface area contributed by atoms with E-state index in [-0.39, 0.29) is 12.7 Å². The SMILES string of the molecule is O=C(CCc1ccc2c(c1)OCO2)NCc1ccc(Cl)cc1. The van der Waals surface area contributed by atoms with Crippen molar-refractivity contribution in [1.29, 1.82) is 0 Å².